The number of nitrogens with one attached hydrogen (secondary N) is 1. The highest BCUT2D eigenvalue weighted by molar-refractivity contribution is 5.87. The Hall–Kier alpha value is -2.66. The van der Waals surface area contributed by atoms with Crippen LogP contribution in [0, 0.1) is 0 Å². The standard InChI is InChI=1S/C18H19NO4/c1-23-16(14-7-3-2-4-8-14)17(20)19-11-10-13-6-5-9-15(12-13)18(21)22/h2-9,12,16H,10-11H2,1H3,(H,19,20)(H,21,22)/t16-/m1/s1. The maximum absolute atomic E-state index is 12.2. The molecular formula is C18H19NO4. The van der Waals surface area contributed by atoms with E-state index in [2.05, 4.69) is 5.32 Å². The molecule has 120 valence electrons. The van der Waals surface area contributed by atoms with Crippen molar-refractivity contribution >= 4 is 11.9 Å². The molecule has 0 aliphatic carbocycles. The Labute approximate surface area is 134 Å². The number of benzene rings is 2. The van der Waals surface area contributed by atoms with Crippen LogP contribution in [0.1, 0.15) is 27.6 Å². The molecule has 1 amide bonds. The van der Waals surface area contributed by atoms with Gasteiger partial charge in [-0.1, -0.05) is 42.5 Å². The van der Waals surface area contributed by atoms with Crippen molar-refractivity contribution in [2.75, 3.05) is 13.7 Å². The van der Waals surface area contributed by atoms with Crippen LogP contribution < -0.4 is 5.32 Å². The molecule has 2 aromatic carbocycles. The first-order chi connectivity index (χ1) is 11.1. The highest BCUT2D eigenvalue weighted by Crippen LogP contribution is 2.16. The molecule has 1 atom stereocenters. The molecule has 0 unspecified atom stereocenters. The van der Waals surface area contributed by atoms with Crippen molar-refractivity contribution in [1.29, 1.82) is 0 Å². The third-order valence-electron chi connectivity index (χ3n) is 3.46. The van der Waals surface area contributed by atoms with E-state index in [1.54, 1.807) is 18.2 Å². The number of hydrogen-bond acceptors (Lipinski definition) is 3. The summed E-state index contributed by atoms with van der Waals surface area (Å²) in [6.45, 7) is 0.411. The number of amides is 1. The van der Waals surface area contributed by atoms with Gasteiger partial charge < -0.3 is 15.2 Å². The van der Waals surface area contributed by atoms with Crippen LogP contribution in [0.25, 0.3) is 0 Å². The highest BCUT2D eigenvalue weighted by Gasteiger charge is 2.19. The van der Waals surface area contributed by atoms with Crippen LogP contribution in [-0.4, -0.2) is 30.6 Å². The van der Waals surface area contributed by atoms with Gasteiger partial charge >= 0.3 is 5.97 Å². The minimum Gasteiger partial charge on any atom is -0.478 e. The number of methoxy groups -OCH3 is 1. The minimum atomic E-state index is -0.959. The van der Waals surface area contributed by atoms with Crippen LogP contribution in [0.5, 0.6) is 0 Å². The first-order valence-corrected chi connectivity index (χ1v) is 7.29. The van der Waals surface area contributed by atoms with Gasteiger partial charge in [0.1, 0.15) is 0 Å². The number of hydrogen-bond donors (Lipinski definition) is 2. The topological polar surface area (TPSA) is 75.6 Å². The fourth-order valence-corrected chi connectivity index (χ4v) is 2.30. The molecule has 0 saturated carbocycles. The van der Waals surface area contributed by atoms with E-state index in [0.29, 0.717) is 13.0 Å². The number of aromatic carboxylic acids is 1. The van der Waals surface area contributed by atoms with Gasteiger partial charge in [0.25, 0.3) is 5.91 Å². The van der Waals surface area contributed by atoms with Gasteiger partial charge in [-0.05, 0) is 29.7 Å². The maximum Gasteiger partial charge on any atom is 0.335 e. The van der Waals surface area contributed by atoms with Gasteiger partial charge in [0.05, 0.1) is 5.56 Å². The van der Waals surface area contributed by atoms with Crippen molar-refractivity contribution in [1.82, 2.24) is 5.32 Å². The Bertz CT molecular complexity index is 670. The van der Waals surface area contributed by atoms with E-state index in [-0.39, 0.29) is 11.5 Å². The second-order valence-electron chi connectivity index (χ2n) is 5.07. The Kier molecular flexibility index (Phi) is 5.88. The molecule has 0 spiro atoms. The molecule has 0 saturated heterocycles. The van der Waals surface area contributed by atoms with E-state index in [9.17, 15) is 9.59 Å². The summed E-state index contributed by atoms with van der Waals surface area (Å²) in [5.41, 5.74) is 1.90. The van der Waals surface area contributed by atoms with Crippen LogP contribution in [0.4, 0.5) is 0 Å². The molecule has 0 fully saturated rings. The smallest absolute Gasteiger partial charge is 0.335 e. The van der Waals surface area contributed by atoms with Gasteiger partial charge in [-0.2, -0.15) is 0 Å². The summed E-state index contributed by atoms with van der Waals surface area (Å²) in [5.74, 6) is -1.17. The van der Waals surface area contributed by atoms with Gasteiger partial charge in [0, 0.05) is 13.7 Å². The molecular weight excluding hydrogens is 294 g/mol. The third kappa shape index (κ3) is 4.66. The number of ether oxygens (including phenoxy) is 1. The quantitative estimate of drug-likeness (QED) is 0.823. The van der Waals surface area contributed by atoms with Crippen molar-refractivity contribution in [2.24, 2.45) is 0 Å². The number of carboxylic acids is 1. The van der Waals surface area contributed by atoms with Crippen molar-refractivity contribution in [2.45, 2.75) is 12.5 Å². The SMILES string of the molecule is CO[C@@H](C(=O)NCCc1cccc(C(=O)O)c1)c1ccccc1. The van der Waals surface area contributed by atoms with Gasteiger partial charge in [0.15, 0.2) is 6.10 Å². The number of carbonyl (C=O) groups excluding carboxylic acids is 1. The number of rotatable bonds is 7. The summed E-state index contributed by atoms with van der Waals surface area (Å²) in [5, 5.41) is 11.8. The average Bonchev–Trinajstić information content (AvgIpc) is 2.57. The molecule has 23 heavy (non-hydrogen) atoms. The second kappa shape index (κ2) is 8.10. The van der Waals surface area contributed by atoms with Gasteiger partial charge in [-0.25, -0.2) is 4.79 Å². The first kappa shape index (κ1) is 16.7. The van der Waals surface area contributed by atoms with Gasteiger partial charge in [-0.3, -0.25) is 4.79 Å². The predicted molar refractivity (Wildman–Crippen MR) is 86.3 cm³/mol. The highest BCUT2D eigenvalue weighted by atomic mass is 16.5. The molecule has 2 N–H and O–H groups in total. The molecule has 5 nitrogen and oxygen atoms in total. The Morgan fingerprint density at radius 1 is 1.13 bits per heavy atom. The zero-order valence-electron chi connectivity index (χ0n) is 12.9. The normalized spacial score (nSPS) is 11.7. The monoisotopic (exact) mass is 313 g/mol. The summed E-state index contributed by atoms with van der Waals surface area (Å²) < 4.78 is 5.26. The summed E-state index contributed by atoms with van der Waals surface area (Å²) in [6, 6.07) is 15.9. The third-order valence-corrected chi connectivity index (χ3v) is 3.46. The van der Waals surface area contributed by atoms with Crippen molar-refractivity contribution < 1.29 is 19.4 Å². The average molecular weight is 313 g/mol. The van der Waals surface area contributed by atoms with Crippen LogP contribution in [-0.2, 0) is 16.0 Å². The van der Waals surface area contributed by atoms with E-state index >= 15 is 0 Å². The van der Waals surface area contributed by atoms with E-state index in [1.165, 1.54) is 7.11 Å². The molecule has 0 aliphatic heterocycles. The largest absolute Gasteiger partial charge is 0.478 e. The van der Waals surface area contributed by atoms with Crippen LogP contribution in [0.15, 0.2) is 54.6 Å². The molecule has 0 heterocycles. The van der Waals surface area contributed by atoms with Crippen molar-refractivity contribution in [3.63, 3.8) is 0 Å². The van der Waals surface area contributed by atoms with Crippen LogP contribution >= 0.6 is 0 Å². The molecule has 5 heteroatoms. The summed E-state index contributed by atoms with van der Waals surface area (Å²) in [7, 11) is 1.49. The lowest BCUT2D eigenvalue weighted by Crippen LogP contribution is -2.31. The fourth-order valence-electron chi connectivity index (χ4n) is 2.30. The molecule has 2 aromatic rings. The number of carboxylic acid groups (broad SMARTS) is 1. The van der Waals surface area contributed by atoms with E-state index in [4.69, 9.17) is 9.84 Å². The molecule has 0 bridgehead atoms. The maximum atomic E-state index is 12.2. The molecule has 0 radical (unpaired) electrons. The molecule has 2 rings (SSSR count). The Morgan fingerprint density at radius 2 is 1.87 bits per heavy atom. The first-order valence-electron chi connectivity index (χ1n) is 7.29. The molecule has 0 aliphatic rings. The Morgan fingerprint density at radius 3 is 2.52 bits per heavy atom. The van der Waals surface area contributed by atoms with Gasteiger partial charge in [-0.15, -0.1) is 0 Å². The van der Waals surface area contributed by atoms with Crippen molar-refractivity contribution in [3.05, 3.63) is 71.3 Å². The Balaban J connectivity index is 1.91. The van der Waals surface area contributed by atoms with Gasteiger partial charge in [0.2, 0.25) is 0 Å². The lowest BCUT2D eigenvalue weighted by atomic mass is 10.1. The lowest BCUT2D eigenvalue weighted by Gasteiger charge is -2.15. The zero-order chi connectivity index (χ0) is 16.7. The van der Waals surface area contributed by atoms with E-state index in [0.717, 1.165) is 11.1 Å². The van der Waals surface area contributed by atoms with E-state index in [1.807, 2.05) is 36.4 Å². The molecule has 0 aromatic heterocycles. The zero-order valence-corrected chi connectivity index (χ0v) is 12.9. The van der Waals surface area contributed by atoms with Crippen molar-refractivity contribution in [3.8, 4) is 0 Å². The van der Waals surface area contributed by atoms with E-state index < -0.39 is 12.1 Å². The fraction of sp³-hybridized carbons (Fsp3) is 0.222. The van der Waals surface area contributed by atoms with Crippen LogP contribution in [0.3, 0.4) is 0 Å². The summed E-state index contributed by atoms with van der Waals surface area (Å²) in [6.07, 6.45) is -0.0977. The van der Waals surface area contributed by atoms with Crippen LogP contribution in [0.2, 0.25) is 0 Å². The second-order valence-corrected chi connectivity index (χ2v) is 5.07. The number of carbonyl (C=O) groups is 2. The predicted octanol–water partition coefficient (Wildman–Crippen LogP) is 2.43. The summed E-state index contributed by atoms with van der Waals surface area (Å²) in [4.78, 5) is 23.1. The lowest BCUT2D eigenvalue weighted by molar-refractivity contribution is -0.131. The minimum absolute atomic E-state index is 0.215. The summed E-state index contributed by atoms with van der Waals surface area (Å²) >= 11 is 0.